The fourth-order valence-corrected chi connectivity index (χ4v) is 6.80. The first kappa shape index (κ1) is 36.0. The van der Waals surface area contributed by atoms with E-state index in [1.807, 2.05) is 42.5 Å². The average molecular weight is 678 g/mol. The number of aliphatic carboxylic acids is 1. The summed E-state index contributed by atoms with van der Waals surface area (Å²) in [4.78, 5) is 59.2. The van der Waals surface area contributed by atoms with Crippen molar-refractivity contribution in [2.24, 2.45) is 5.92 Å². The Bertz CT molecular complexity index is 1530. The van der Waals surface area contributed by atoms with Crippen LogP contribution in [-0.2, 0) is 25.7 Å². The molecule has 0 bridgehead atoms. The minimum absolute atomic E-state index is 0.112. The Morgan fingerprint density at radius 1 is 1.10 bits per heavy atom. The van der Waals surface area contributed by atoms with Crippen LogP contribution in [0.25, 0.3) is 11.3 Å². The molecule has 3 N–H and O–H groups in total. The van der Waals surface area contributed by atoms with Gasteiger partial charge in [0.2, 0.25) is 11.8 Å². The van der Waals surface area contributed by atoms with Crippen LogP contribution in [0.5, 0.6) is 0 Å². The minimum atomic E-state index is -1.42. The Kier molecular flexibility index (Phi) is 11.1. The molecule has 0 radical (unpaired) electrons. The van der Waals surface area contributed by atoms with Crippen LogP contribution in [0, 0.1) is 5.92 Å². The highest BCUT2D eigenvalue weighted by atomic mass is 16.6. The third-order valence-electron chi connectivity index (χ3n) is 9.67. The Balaban J connectivity index is 1.50. The zero-order chi connectivity index (χ0) is 35.3. The molecule has 2 aromatic rings. The molecule has 1 aromatic heterocycles. The monoisotopic (exact) mass is 677 g/mol. The van der Waals surface area contributed by atoms with Crippen LogP contribution in [0.15, 0.2) is 42.5 Å². The number of carbonyl (C=O) groups is 4. The predicted molar refractivity (Wildman–Crippen MR) is 183 cm³/mol. The van der Waals surface area contributed by atoms with E-state index in [-0.39, 0.29) is 25.3 Å². The number of hydrogen-bond acceptors (Lipinski definition) is 8. The number of allylic oxidation sites excluding steroid dienone is 1. The van der Waals surface area contributed by atoms with Gasteiger partial charge in [-0.05, 0) is 59.5 Å². The van der Waals surface area contributed by atoms with Crippen LogP contribution in [-0.4, -0.2) is 96.6 Å². The summed E-state index contributed by atoms with van der Waals surface area (Å²) in [6.45, 7) is 11.8. The molecule has 5 rings (SSSR count). The van der Waals surface area contributed by atoms with E-state index < -0.39 is 53.1 Å². The van der Waals surface area contributed by atoms with Gasteiger partial charge in [-0.1, -0.05) is 69.2 Å². The smallest absolute Gasteiger partial charge is 0.408 e. The number of benzene rings is 1. The number of amides is 3. The lowest BCUT2D eigenvalue weighted by molar-refractivity contribution is -0.145. The fourth-order valence-electron chi connectivity index (χ4n) is 6.80. The second-order valence-electron chi connectivity index (χ2n) is 14.4. The molecular formula is C36H51N7O6. The first-order valence-electron chi connectivity index (χ1n) is 17.6. The lowest BCUT2D eigenvalue weighted by atomic mass is 10.0. The van der Waals surface area contributed by atoms with E-state index in [1.165, 1.54) is 4.90 Å². The molecule has 5 atom stereocenters. The standard InChI is InChI=1S/C36H51N7O6/c1-6-41(7-2)23-28-30(24-16-12-11-13-17-24)40-43(39-28)26-20-29-31(44)38-36(33(46)47)21-25(36)18-14-9-8-10-15-19-27(32(45)42(29)22-26)37-34(48)49-35(3,4)5/h11-14,16-18,25-27,29H,6-10,15,19-23H2,1-5H3,(H,37,48)(H,38,44)(H,46,47)/b18-14-/t25-,26-,27-,29-,36+/m0/s1. The molecule has 2 fully saturated rings. The van der Waals surface area contributed by atoms with Crippen molar-refractivity contribution in [1.82, 2.24) is 35.4 Å². The number of rotatable bonds is 8. The van der Waals surface area contributed by atoms with E-state index >= 15 is 0 Å². The molecule has 1 saturated carbocycles. The number of ether oxygens (including phenoxy) is 1. The topological polar surface area (TPSA) is 159 Å². The van der Waals surface area contributed by atoms with Crippen molar-refractivity contribution in [1.29, 1.82) is 0 Å². The predicted octanol–water partition coefficient (Wildman–Crippen LogP) is 4.30. The van der Waals surface area contributed by atoms with Crippen LogP contribution < -0.4 is 10.6 Å². The van der Waals surface area contributed by atoms with Gasteiger partial charge in [-0.3, -0.25) is 14.5 Å². The summed E-state index contributed by atoms with van der Waals surface area (Å²) in [6.07, 6.45) is 7.08. The molecule has 3 aliphatic rings. The largest absolute Gasteiger partial charge is 0.479 e. The van der Waals surface area contributed by atoms with E-state index in [9.17, 15) is 24.3 Å². The van der Waals surface area contributed by atoms with Gasteiger partial charge in [0, 0.05) is 31.0 Å². The summed E-state index contributed by atoms with van der Waals surface area (Å²) in [7, 11) is 0. The lowest BCUT2D eigenvalue weighted by Crippen LogP contribution is -2.56. The Morgan fingerprint density at radius 3 is 2.51 bits per heavy atom. The van der Waals surface area contributed by atoms with Crippen LogP contribution >= 0.6 is 0 Å². The van der Waals surface area contributed by atoms with Crippen molar-refractivity contribution in [3.05, 3.63) is 48.2 Å². The highest BCUT2D eigenvalue weighted by Gasteiger charge is 2.61. The third kappa shape index (κ3) is 8.49. The van der Waals surface area contributed by atoms with Crippen molar-refractivity contribution < 1.29 is 29.0 Å². The second kappa shape index (κ2) is 15.1. The molecule has 1 saturated heterocycles. The number of carboxylic acid groups (broad SMARTS) is 1. The Morgan fingerprint density at radius 2 is 1.84 bits per heavy atom. The molecular weight excluding hydrogens is 626 g/mol. The molecule has 1 aliphatic carbocycles. The highest BCUT2D eigenvalue weighted by molar-refractivity contribution is 5.96. The number of hydrogen-bond donors (Lipinski definition) is 3. The zero-order valence-electron chi connectivity index (χ0n) is 29.4. The van der Waals surface area contributed by atoms with Gasteiger partial charge in [0.1, 0.15) is 34.6 Å². The molecule has 3 heterocycles. The number of aromatic nitrogens is 3. The van der Waals surface area contributed by atoms with E-state index in [0.717, 1.165) is 49.3 Å². The van der Waals surface area contributed by atoms with E-state index in [0.29, 0.717) is 19.4 Å². The molecule has 49 heavy (non-hydrogen) atoms. The molecule has 13 nitrogen and oxygen atoms in total. The maximum absolute atomic E-state index is 14.4. The Hall–Kier alpha value is -4.26. The van der Waals surface area contributed by atoms with Crippen molar-refractivity contribution in [2.45, 2.75) is 115 Å². The van der Waals surface area contributed by atoms with Crippen LogP contribution in [0.3, 0.4) is 0 Å². The third-order valence-corrected chi connectivity index (χ3v) is 9.67. The van der Waals surface area contributed by atoms with Gasteiger partial charge in [0.15, 0.2) is 0 Å². The molecule has 0 spiro atoms. The van der Waals surface area contributed by atoms with Crippen molar-refractivity contribution in [2.75, 3.05) is 19.6 Å². The maximum atomic E-state index is 14.4. The van der Waals surface area contributed by atoms with E-state index in [1.54, 1.807) is 25.6 Å². The first-order chi connectivity index (χ1) is 23.3. The number of carbonyl (C=O) groups excluding carboxylic acids is 3. The van der Waals surface area contributed by atoms with Crippen molar-refractivity contribution in [3.8, 4) is 11.3 Å². The van der Waals surface area contributed by atoms with Crippen LogP contribution in [0.2, 0.25) is 0 Å². The van der Waals surface area contributed by atoms with Gasteiger partial charge in [-0.15, -0.1) is 0 Å². The summed E-state index contributed by atoms with van der Waals surface area (Å²) < 4.78 is 5.50. The quantitative estimate of drug-likeness (QED) is 0.347. The SMILES string of the molecule is CCN(CC)Cc1nn([C@H]2C[C@H]3C(=O)N[C@]4(C(=O)O)C[C@@H]4/C=C\CCCCC[C@H](NC(=O)OC(C)(C)C)C(=O)N3C2)nc1-c1ccccc1. The fraction of sp³-hybridized carbons (Fsp3) is 0.611. The molecule has 13 heteroatoms. The number of nitrogens with one attached hydrogen (secondary N) is 2. The zero-order valence-corrected chi connectivity index (χ0v) is 29.4. The number of nitrogens with zero attached hydrogens (tertiary/aromatic N) is 5. The van der Waals surface area contributed by atoms with E-state index in [4.69, 9.17) is 14.9 Å². The lowest BCUT2D eigenvalue weighted by Gasteiger charge is -2.30. The second-order valence-corrected chi connectivity index (χ2v) is 14.4. The van der Waals surface area contributed by atoms with Crippen molar-refractivity contribution >= 4 is 23.9 Å². The molecule has 266 valence electrons. The summed E-state index contributed by atoms with van der Waals surface area (Å²) in [5.74, 6) is -2.39. The Labute approximate surface area is 288 Å². The normalized spacial score (nSPS) is 26.9. The summed E-state index contributed by atoms with van der Waals surface area (Å²) in [5.41, 5.74) is 0.246. The van der Waals surface area contributed by atoms with Gasteiger partial charge in [0.05, 0.1) is 6.04 Å². The number of carboxylic acids is 1. The molecule has 2 aliphatic heterocycles. The summed E-state index contributed by atoms with van der Waals surface area (Å²) in [6, 6.07) is 7.39. The van der Waals surface area contributed by atoms with E-state index in [2.05, 4.69) is 29.4 Å². The summed E-state index contributed by atoms with van der Waals surface area (Å²) in [5, 5.41) is 25.7. The van der Waals surface area contributed by atoms with Gasteiger partial charge < -0.3 is 25.4 Å². The highest BCUT2D eigenvalue weighted by Crippen LogP contribution is 2.45. The number of alkyl carbamates (subject to hydrolysis) is 1. The number of fused-ring (bicyclic) bond motifs is 2. The molecule has 1 aromatic carbocycles. The minimum Gasteiger partial charge on any atom is -0.479 e. The molecule has 3 amide bonds. The van der Waals surface area contributed by atoms with Crippen LogP contribution in [0.4, 0.5) is 4.79 Å². The van der Waals surface area contributed by atoms with Crippen LogP contribution in [0.1, 0.15) is 91.3 Å². The average Bonchev–Trinajstić information content (AvgIpc) is 3.36. The van der Waals surface area contributed by atoms with Gasteiger partial charge in [0.25, 0.3) is 0 Å². The van der Waals surface area contributed by atoms with Gasteiger partial charge >= 0.3 is 12.1 Å². The van der Waals surface area contributed by atoms with Crippen molar-refractivity contribution in [3.63, 3.8) is 0 Å². The summed E-state index contributed by atoms with van der Waals surface area (Å²) >= 11 is 0. The first-order valence-corrected chi connectivity index (χ1v) is 17.6. The van der Waals surface area contributed by atoms with Gasteiger partial charge in [-0.25, -0.2) is 9.59 Å². The molecule has 0 unspecified atom stereocenters. The van der Waals surface area contributed by atoms with Gasteiger partial charge in [-0.2, -0.15) is 15.0 Å². The maximum Gasteiger partial charge on any atom is 0.408 e.